The fraction of sp³-hybridized carbons (Fsp3) is 0.611. The van der Waals surface area contributed by atoms with Gasteiger partial charge in [0.15, 0.2) is 6.29 Å². The molecule has 0 radical (unpaired) electrons. The van der Waals surface area contributed by atoms with E-state index in [9.17, 15) is 4.79 Å². The first-order valence-corrected chi connectivity index (χ1v) is 8.30. The Balaban J connectivity index is 1.57. The van der Waals surface area contributed by atoms with Crippen LogP contribution in [0.25, 0.3) is 0 Å². The van der Waals surface area contributed by atoms with Crippen LogP contribution in [0.3, 0.4) is 0 Å². The standard InChI is InChI=1S/C18H25NO4/c1-18(2)12-14(8-11-22-18)19-16(20)15-9-10-21-17(23-15)13-6-4-3-5-7-13/h3-7,14-15,17H,8-12H2,1-2H3,(H,19,20)/t14-,15-,17-/m1/s1. The average Bonchev–Trinajstić information content (AvgIpc) is 2.55. The molecule has 2 heterocycles. The maximum Gasteiger partial charge on any atom is 0.249 e. The third-order valence-electron chi connectivity index (χ3n) is 4.34. The maximum atomic E-state index is 12.5. The van der Waals surface area contributed by atoms with Crippen LogP contribution in [0.15, 0.2) is 30.3 Å². The van der Waals surface area contributed by atoms with Crippen molar-refractivity contribution in [1.82, 2.24) is 5.32 Å². The van der Waals surface area contributed by atoms with Crippen molar-refractivity contribution in [2.24, 2.45) is 0 Å². The van der Waals surface area contributed by atoms with Gasteiger partial charge in [0.1, 0.15) is 6.10 Å². The Morgan fingerprint density at radius 1 is 1.17 bits per heavy atom. The first kappa shape index (κ1) is 16.4. The molecule has 2 saturated heterocycles. The smallest absolute Gasteiger partial charge is 0.249 e. The molecule has 0 spiro atoms. The highest BCUT2D eigenvalue weighted by molar-refractivity contribution is 5.81. The Hall–Kier alpha value is -1.43. The van der Waals surface area contributed by atoms with Crippen molar-refractivity contribution < 1.29 is 19.0 Å². The molecule has 2 fully saturated rings. The molecule has 1 N–H and O–H groups in total. The average molecular weight is 319 g/mol. The Morgan fingerprint density at radius 2 is 1.96 bits per heavy atom. The molecule has 126 valence electrons. The monoisotopic (exact) mass is 319 g/mol. The van der Waals surface area contributed by atoms with E-state index in [4.69, 9.17) is 14.2 Å². The lowest BCUT2D eigenvalue weighted by molar-refractivity contribution is -0.217. The van der Waals surface area contributed by atoms with Crippen LogP contribution in [-0.4, -0.2) is 36.9 Å². The number of nitrogens with one attached hydrogen (secondary N) is 1. The third kappa shape index (κ3) is 4.31. The van der Waals surface area contributed by atoms with Crippen LogP contribution < -0.4 is 5.32 Å². The van der Waals surface area contributed by atoms with Crippen molar-refractivity contribution in [3.05, 3.63) is 35.9 Å². The Bertz CT molecular complexity index is 531. The maximum absolute atomic E-state index is 12.5. The van der Waals surface area contributed by atoms with Crippen LogP contribution in [0.4, 0.5) is 0 Å². The van der Waals surface area contributed by atoms with E-state index in [2.05, 4.69) is 19.2 Å². The summed E-state index contributed by atoms with van der Waals surface area (Å²) in [7, 11) is 0. The Morgan fingerprint density at radius 3 is 2.70 bits per heavy atom. The van der Waals surface area contributed by atoms with Gasteiger partial charge < -0.3 is 19.5 Å². The number of benzene rings is 1. The van der Waals surface area contributed by atoms with Gasteiger partial charge in [0.25, 0.3) is 0 Å². The summed E-state index contributed by atoms with van der Waals surface area (Å²) in [6.07, 6.45) is 1.33. The zero-order valence-electron chi connectivity index (χ0n) is 13.8. The van der Waals surface area contributed by atoms with Crippen molar-refractivity contribution in [3.8, 4) is 0 Å². The zero-order valence-corrected chi connectivity index (χ0v) is 13.8. The lowest BCUT2D eigenvalue weighted by Gasteiger charge is -2.37. The van der Waals surface area contributed by atoms with Gasteiger partial charge in [0, 0.05) is 24.6 Å². The summed E-state index contributed by atoms with van der Waals surface area (Å²) in [4.78, 5) is 12.5. The molecule has 0 saturated carbocycles. The summed E-state index contributed by atoms with van der Waals surface area (Å²) in [5.41, 5.74) is 0.761. The molecule has 0 aromatic heterocycles. The van der Waals surface area contributed by atoms with E-state index in [1.54, 1.807) is 0 Å². The van der Waals surface area contributed by atoms with Gasteiger partial charge in [-0.15, -0.1) is 0 Å². The lowest BCUT2D eigenvalue weighted by Crippen LogP contribution is -2.50. The first-order chi connectivity index (χ1) is 11.0. The summed E-state index contributed by atoms with van der Waals surface area (Å²) >= 11 is 0. The normalized spacial score (nSPS) is 30.6. The van der Waals surface area contributed by atoms with Crippen molar-refractivity contribution in [1.29, 1.82) is 0 Å². The molecule has 1 aromatic rings. The number of hydrogen-bond acceptors (Lipinski definition) is 4. The van der Waals surface area contributed by atoms with E-state index < -0.39 is 12.4 Å². The number of carbonyl (C=O) groups is 1. The van der Waals surface area contributed by atoms with Gasteiger partial charge in [-0.3, -0.25) is 4.79 Å². The molecule has 3 rings (SSSR count). The minimum Gasteiger partial charge on any atom is -0.375 e. The highest BCUT2D eigenvalue weighted by Crippen LogP contribution is 2.27. The second kappa shape index (κ2) is 6.99. The van der Waals surface area contributed by atoms with E-state index in [-0.39, 0.29) is 17.6 Å². The first-order valence-electron chi connectivity index (χ1n) is 8.30. The molecule has 2 aliphatic rings. The summed E-state index contributed by atoms with van der Waals surface area (Å²) in [6.45, 7) is 5.32. The molecule has 23 heavy (non-hydrogen) atoms. The minimum absolute atomic E-state index is 0.0445. The summed E-state index contributed by atoms with van der Waals surface area (Å²) < 4.78 is 17.2. The molecule has 1 amide bonds. The van der Waals surface area contributed by atoms with Crippen LogP contribution in [0.5, 0.6) is 0 Å². The van der Waals surface area contributed by atoms with Gasteiger partial charge >= 0.3 is 0 Å². The van der Waals surface area contributed by atoms with E-state index in [1.807, 2.05) is 30.3 Å². The Kier molecular flexibility index (Phi) is 4.99. The van der Waals surface area contributed by atoms with E-state index in [1.165, 1.54) is 0 Å². The molecular formula is C18H25NO4. The van der Waals surface area contributed by atoms with Gasteiger partial charge in [0.05, 0.1) is 12.2 Å². The van der Waals surface area contributed by atoms with Crippen LogP contribution >= 0.6 is 0 Å². The summed E-state index contributed by atoms with van der Waals surface area (Å²) in [5.74, 6) is -0.0445. The summed E-state index contributed by atoms with van der Waals surface area (Å²) in [6, 6.07) is 9.88. The number of hydrogen-bond donors (Lipinski definition) is 1. The van der Waals surface area contributed by atoms with Crippen LogP contribution in [0.1, 0.15) is 45.0 Å². The lowest BCUT2D eigenvalue weighted by atomic mass is 9.94. The molecule has 0 unspecified atom stereocenters. The van der Waals surface area contributed by atoms with Gasteiger partial charge in [-0.2, -0.15) is 0 Å². The van der Waals surface area contributed by atoms with Gasteiger partial charge in [-0.25, -0.2) is 0 Å². The third-order valence-corrected chi connectivity index (χ3v) is 4.34. The minimum atomic E-state index is -0.466. The van der Waals surface area contributed by atoms with Crippen molar-refractivity contribution >= 4 is 5.91 Å². The molecule has 1 aromatic carbocycles. The fourth-order valence-corrected chi connectivity index (χ4v) is 3.17. The highest BCUT2D eigenvalue weighted by Gasteiger charge is 2.34. The zero-order chi connectivity index (χ0) is 16.3. The van der Waals surface area contributed by atoms with Gasteiger partial charge in [-0.1, -0.05) is 30.3 Å². The number of ether oxygens (including phenoxy) is 3. The number of carbonyl (C=O) groups excluding carboxylic acids is 1. The molecule has 2 aliphatic heterocycles. The molecule has 5 heteroatoms. The predicted octanol–water partition coefficient (Wildman–Crippen LogP) is 2.56. The number of rotatable bonds is 3. The molecule has 0 bridgehead atoms. The van der Waals surface area contributed by atoms with E-state index in [0.29, 0.717) is 19.6 Å². The number of amides is 1. The molecular weight excluding hydrogens is 294 g/mol. The molecule has 3 atom stereocenters. The topological polar surface area (TPSA) is 56.8 Å². The fourth-order valence-electron chi connectivity index (χ4n) is 3.17. The molecule has 5 nitrogen and oxygen atoms in total. The van der Waals surface area contributed by atoms with Crippen molar-refractivity contribution in [2.45, 2.75) is 57.1 Å². The van der Waals surface area contributed by atoms with Crippen molar-refractivity contribution in [3.63, 3.8) is 0 Å². The Labute approximate surface area is 137 Å². The van der Waals surface area contributed by atoms with Gasteiger partial charge in [-0.05, 0) is 26.7 Å². The van der Waals surface area contributed by atoms with Crippen LogP contribution in [0, 0.1) is 0 Å². The van der Waals surface area contributed by atoms with Crippen LogP contribution in [-0.2, 0) is 19.0 Å². The van der Waals surface area contributed by atoms with Gasteiger partial charge in [0.2, 0.25) is 5.91 Å². The van der Waals surface area contributed by atoms with E-state index >= 15 is 0 Å². The second-order valence-electron chi connectivity index (χ2n) is 6.83. The van der Waals surface area contributed by atoms with E-state index in [0.717, 1.165) is 18.4 Å². The van der Waals surface area contributed by atoms with Crippen LogP contribution in [0.2, 0.25) is 0 Å². The quantitative estimate of drug-likeness (QED) is 0.930. The predicted molar refractivity (Wildman–Crippen MR) is 85.8 cm³/mol. The molecule has 0 aliphatic carbocycles. The highest BCUT2D eigenvalue weighted by atomic mass is 16.7. The SMILES string of the molecule is CC1(C)C[C@H](NC(=O)[C@H]2CCO[C@@H](c3ccccc3)O2)CCO1. The second-order valence-corrected chi connectivity index (χ2v) is 6.83. The van der Waals surface area contributed by atoms with Crippen molar-refractivity contribution in [2.75, 3.05) is 13.2 Å². The largest absolute Gasteiger partial charge is 0.375 e. The summed E-state index contributed by atoms with van der Waals surface area (Å²) in [5, 5.41) is 3.12.